The average Bonchev–Trinajstić information content (AvgIpc) is 2.32. The average molecular weight is 312 g/mol. The van der Waals surface area contributed by atoms with Crippen molar-refractivity contribution in [2.45, 2.75) is 38.6 Å². The number of benzene rings is 1. The Balaban J connectivity index is 2.10. The van der Waals surface area contributed by atoms with E-state index in [4.69, 9.17) is 5.11 Å². The molecule has 1 saturated carbocycles. The van der Waals surface area contributed by atoms with Crippen LogP contribution in [0, 0.1) is 5.92 Å². The van der Waals surface area contributed by atoms with Crippen LogP contribution in [0.5, 0.6) is 0 Å². The number of carboxylic acid groups (broad SMARTS) is 1. The quantitative estimate of drug-likeness (QED) is 0.882. The van der Waals surface area contributed by atoms with Crippen molar-refractivity contribution < 1.29 is 9.90 Å². The number of rotatable bonds is 3. The maximum absolute atomic E-state index is 10.9. The zero-order chi connectivity index (χ0) is 13.1. The van der Waals surface area contributed by atoms with Gasteiger partial charge in [-0.2, -0.15) is 0 Å². The largest absolute Gasteiger partial charge is 0.478 e. The second-order valence-electron chi connectivity index (χ2n) is 5.01. The number of hydrogen-bond acceptors (Lipinski definition) is 2. The Kier molecular flexibility index (Phi) is 4.27. The summed E-state index contributed by atoms with van der Waals surface area (Å²) >= 11 is 3.31. The first kappa shape index (κ1) is 13.4. The SMILES string of the molecule is CC1CCCCC1Nc1ccc(C(=O)O)c(Br)c1. The lowest BCUT2D eigenvalue weighted by atomic mass is 9.86. The summed E-state index contributed by atoms with van der Waals surface area (Å²) in [6.07, 6.45) is 5.06. The number of anilines is 1. The Bertz CT molecular complexity index is 447. The van der Waals surface area contributed by atoms with Gasteiger partial charge in [0, 0.05) is 16.2 Å². The highest BCUT2D eigenvalue weighted by Crippen LogP contribution is 2.28. The van der Waals surface area contributed by atoms with Gasteiger partial charge in [-0.05, 0) is 52.9 Å². The second-order valence-corrected chi connectivity index (χ2v) is 5.87. The summed E-state index contributed by atoms with van der Waals surface area (Å²) in [7, 11) is 0. The summed E-state index contributed by atoms with van der Waals surface area (Å²) in [6.45, 7) is 2.28. The third kappa shape index (κ3) is 3.05. The lowest BCUT2D eigenvalue weighted by Gasteiger charge is -2.30. The van der Waals surface area contributed by atoms with E-state index in [1.807, 2.05) is 12.1 Å². The molecule has 2 unspecified atom stereocenters. The predicted octanol–water partition coefficient (Wildman–Crippen LogP) is 4.14. The van der Waals surface area contributed by atoms with Gasteiger partial charge in [0.2, 0.25) is 0 Å². The van der Waals surface area contributed by atoms with Crippen LogP contribution in [0.1, 0.15) is 43.0 Å². The normalized spacial score (nSPS) is 23.7. The Labute approximate surface area is 116 Å². The number of halogens is 1. The van der Waals surface area contributed by atoms with Crippen LogP contribution in [-0.2, 0) is 0 Å². The smallest absolute Gasteiger partial charge is 0.336 e. The summed E-state index contributed by atoms with van der Waals surface area (Å²) in [5.74, 6) is -0.226. The van der Waals surface area contributed by atoms with Crippen LogP contribution in [0.2, 0.25) is 0 Å². The molecule has 2 N–H and O–H groups in total. The van der Waals surface area contributed by atoms with E-state index in [0.717, 1.165) is 5.69 Å². The minimum absolute atomic E-state index is 0.303. The molecule has 1 fully saturated rings. The minimum Gasteiger partial charge on any atom is -0.478 e. The summed E-state index contributed by atoms with van der Waals surface area (Å²) in [5, 5.41) is 12.5. The molecule has 0 spiro atoms. The van der Waals surface area contributed by atoms with E-state index in [2.05, 4.69) is 28.2 Å². The van der Waals surface area contributed by atoms with E-state index in [1.54, 1.807) is 6.07 Å². The molecule has 2 atom stereocenters. The summed E-state index contributed by atoms with van der Waals surface area (Å²) in [5.41, 5.74) is 1.29. The Morgan fingerprint density at radius 3 is 2.72 bits per heavy atom. The second kappa shape index (κ2) is 5.74. The standard InChI is InChI=1S/C14H18BrNO2/c1-9-4-2-3-5-13(9)16-10-6-7-11(14(17)18)12(15)8-10/h6-9,13,16H,2-5H2,1H3,(H,17,18). The van der Waals surface area contributed by atoms with Crippen LogP contribution < -0.4 is 5.32 Å². The van der Waals surface area contributed by atoms with Crippen LogP contribution in [0.15, 0.2) is 22.7 Å². The van der Waals surface area contributed by atoms with Crippen molar-refractivity contribution in [3.05, 3.63) is 28.2 Å². The molecular weight excluding hydrogens is 294 g/mol. The Morgan fingerprint density at radius 2 is 2.11 bits per heavy atom. The molecule has 0 heterocycles. The van der Waals surface area contributed by atoms with Gasteiger partial charge in [0.1, 0.15) is 0 Å². The molecule has 0 amide bonds. The van der Waals surface area contributed by atoms with Gasteiger partial charge >= 0.3 is 5.97 Å². The van der Waals surface area contributed by atoms with Gasteiger partial charge in [-0.15, -0.1) is 0 Å². The molecule has 1 aromatic carbocycles. The van der Waals surface area contributed by atoms with Crippen LogP contribution in [-0.4, -0.2) is 17.1 Å². The predicted molar refractivity (Wildman–Crippen MR) is 76.1 cm³/mol. The van der Waals surface area contributed by atoms with Gasteiger partial charge < -0.3 is 10.4 Å². The Hall–Kier alpha value is -1.03. The molecule has 0 bridgehead atoms. The summed E-state index contributed by atoms with van der Waals surface area (Å²) < 4.78 is 0.628. The van der Waals surface area contributed by atoms with Gasteiger partial charge in [-0.25, -0.2) is 4.79 Å². The highest BCUT2D eigenvalue weighted by Gasteiger charge is 2.21. The monoisotopic (exact) mass is 311 g/mol. The van der Waals surface area contributed by atoms with Gasteiger partial charge in [0.15, 0.2) is 0 Å². The molecule has 3 nitrogen and oxygen atoms in total. The molecule has 2 rings (SSSR count). The van der Waals surface area contributed by atoms with E-state index in [9.17, 15) is 4.79 Å². The maximum atomic E-state index is 10.9. The fraction of sp³-hybridized carbons (Fsp3) is 0.500. The van der Waals surface area contributed by atoms with Crippen molar-refractivity contribution in [2.24, 2.45) is 5.92 Å². The first-order chi connectivity index (χ1) is 8.58. The van der Waals surface area contributed by atoms with E-state index in [1.165, 1.54) is 25.7 Å². The third-order valence-corrected chi connectivity index (χ3v) is 4.32. The van der Waals surface area contributed by atoms with Gasteiger partial charge in [-0.1, -0.05) is 19.8 Å². The van der Waals surface area contributed by atoms with E-state index < -0.39 is 5.97 Å². The van der Waals surface area contributed by atoms with Crippen LogP contribution >= 0.6 is 15.9 Å². The Morgan fingerprint density at radius 1 is 1.39 bits per heavy atom. The molecule has 0 radical (unpaired) electrons. The van der Waals surface area contributed by atoms with Crippen molar-refractivity contribution in [3.8, 4) is 0 Å². The van der Waals surface area contributed by atoms with Crippen LogP contribution in [0.3, 0.4) is 0 Å². The lowest BCUT2D eigenvalue weighted by molar-refractivity contribution is 0.0696. The van der Waals surface area contributed by atoms with Crippen molar-refractivity contribution in [1.82, 2.24) is 0 Å². The van der Waals surface area contributed by atoms with Crippen molar-refractivity contribution in [1.29, 1.82) is 0 Å². The molecular formula is C14H18BrNO2. The number of carbonyl (C=O) groups is 1. The van der Waals surface area contributed by atoms with Gasteiger partial charge in [0.25, 0.3) is 0 Å². The van der Waals surface area contributed by atoms with Crippen molar-refractivity contribution in [3.63, 3.8) is 0 Å². The van der Waals surface area contributed by atoms with Crippen LogP contribution in [0.25, 0.3) is 0 Å². The third-order valence-electron chi connectivity index (χ3n) is 3.66. The number of nitrogens with one attached hydrogen (secondary N) is 1. The molecule has 0 aliphatic heterocycles. The van der Waals surface area contributed by atoms with Crippen molar-refractivity contribution in [2.75, 3.05) is 5.32 Å². The highest BCUT2D eigenvalue weighted by atomic mass is 79.9. The topological polar surface area (TPSA) is 49.3 Å². The van der Waals surface area contributed by atoms with E-state index >= 15 is 0 Å². The first-order valence-electron chi connectivity index (χ1n) is 6.37. The molecule has 98 valence electrons. The number of carboxylic acids is 1. The molecule has 18 heavy (non-hydrogen) atoms. The fourth-order valence-corrected chi connectivity index (χ4v) is 3.07. The molecule has 0 saturated heterocycles. The van der Waals surface area contributed by atoms with Gasteiger partial charge in [-0.3, -0.25) is 0 Å². The van der Waals surface area contributed by atoms with E-state index in [-0.39, 0.29) is 0 Å². The van der Waals surface area contributed by atoms with E-state index in [0.29, 0.717) is 22.0 Å². The molecule has 0 aromatic heterocycles. The zero-order valence-electron chi connectivity index (χ0n) is 10.4. The first-order valence-corrected chi connectivity index (χ1v) is 7.16. The number of aromatic carboxylic acids is 1. The fourth-order valence-electron chi connectivity index (χ4n) is 2.52. The highest BCUT2D eigenvalue weighted by molar-refractivity contribution is 9.10. The minimum atomic E-state index is -0.903. The molecule has 4 heteroatoms. The molecule has 1 aliphatic carbocycles. The van der Waals surface area contributed by atoms with Crippen molar-refractivity contribution >= 4 is 27.6 Å². The molecule has 1 aliphatic rings. The summed E-state index contributed by atoms with van der Waals surface area (Å²) in [4.78, 5) is 10.9. The maximum Gasteiger partial charge on any atom is 0.336 e. The summed E-state index contributed by atoms with van der Waals surface area (Å²) in [6, 6.07) is 5.84. The number of hydrogen-bond donors (Lipinski definition) is 2. The van der Waals surface area contributed by atoms with Crippen LogP contribution in [0.4, 0.5) is 5.69 Å². The molecule has 1 aromatic rings. The lowest BCUT2D eigenvalue weighted by Crippen LogP contribution is -2.30. The zero-order valence-corrected chi connectivity index (χ0v) is 12.0. The van der Waals surface area contributed by atoms with Gasteiger partial charge in [0.05, 0.1) is 5.56 Å².